The molecule has 4 aromatic heterocycles. The van der Waals surface area contributed by atoms with E-state index in [2.05, 4.69) is 40.0 Å². The molecule has 0 radical (unpaired) electrons. The number of fused-ring (bicyclic) bond motifs is 3. The molecule has 7 heteroatoms. The first kappa shape index (κ1) is 19.0. The third kappa shape index (κ3) is 2.54. The summed E-state index contributed by atoms with van der Waals surface area (Å²) in [6.07, 6.45) is 7.78. The van der Waals surface area contributed by atoms with E-state index in [1.165, 1.54) is 5.56 Å². The lowest BCUT2D eigenvalue weighted by atomic mass is 9.97. The second-order valence-corrected chi connectivity index (χ2v) is 8.58. The molecule has 32 heavy (non-hydrogen) atoms. The molecule has 6 rings (SSSR count). The molecule has 160 valence electrons. The van der Waals surface area contributed by atoms with Crippen molar-refractivity contribution in [3.63, 3.8) is 0 Å². The normalized spacial score (nSPS) is 14.9. The number of aromatic nitrogens is 5. The van der Waals surface area contributed by atoms with Crippen LogP contribution in [-0.2, 0) is 12.5 Å². The Morgan fingerprint density at radius 2 is 1.97 bits per heavy atom. The number of pyridine rings is 2. The fraction of sp³-hybridized carbons (Fsp3) is 0.280. The Hall–Kier alpha value is -3.74. The molecule has 0 amide bonds. The average molecular weight is 425 g/mol. The van der Waals surface area contributed by atoms with Crippen LogP contribution < -0.4 is 4.74 Å². The maximum absolute atomic E-state index is 5.80. The van der Waals surface area contributed by atoms with E-state index in [4.69, 9.17) is 19.2 Å². The third-order valence-corrected chi connectivity index (χ3v) is 6.72. The highest BCUT2D eigenvalue weighted by Gasteiger charge is 2.49. The third-order valence-electron chi connectivity index (χ3n) is 6.72. The Kier molecular flexibility index (Phi) is 3.93. The number of nitrogens with zero attached hydrogens (tertiary/aromatic N) is 5. The Balaban J connectivity index is 1.60. The fourth-order valence-corrected chi connectivity index (χ4v) is 5.00. The van der Waals surface area contributed by atoms with Crippen LogP contribution >= 0.6 is 0 Å². The number of methoxy groups -OCH3 is 1. The van der Waals surface area contributed by atoms with Crippen LogP contribution in [0.2, 0.25) is 0 Å². The lowest BCUT2D eigenvalue weighted by Gasteiger charge is -2.15. The second-order valence-electron chi connectivity index (χ2n) is 8.58. The highest BCUT2D eigenvalue weighted by molar-refractivity contribution is 6.05. The summed E-state index contributed by atoms with van der Waals surface area (Å²) in [5, 5.41) is 5.12. The number of aryl methyl sites for hydroxylation is 3. The van der Waals surface area contributed by atoms with Crippen LogP contribution in [0.25, 0.3) is 33.1 Å². The van der Waals surface area contributed by atoms with Crippen LogP contribution in [0.5, 0.6) is 5.75 Å². The number of hydrogen-bond donors (Lipinski definition) is 0. The van der Waals surface area contributed by atoms with Crippen molar-refractivity contribution >= 4 is 21.9 Å². The Morgan fingerprint density at radius 1 is 1.12 bits per heavy atom. The van der Waals surface area contributed by atoms with Crippen molar-refractivity contribution in [3.8, 4) is 16.9 Å². The number of hydrogen-bond acceptors (Lipinski definition) is 6. The first-order valence-electron chi connectivity index (χ1n) is 10.7. The molecule has 1 aliphatic carbocycles. The molecule has 5 aromatic rings. The summed E-state index contributed by atoms with van der Waals surface area (Å²) in [6, 6.07) is 8.26. The predicted molar refractivity (Wildman–Crippen MR) is 122 cm³/mol. The van der Waals surface area contributed by atoms with Gasteiger partial charge >= 0.3 is 0 Å². The molecule has 1 aliphatic rings. The summed E-state index contributed by atoms with van der Waals surface area (Å²) < 4.78 is 13.4. The molecule has 0 unspecified atom stereocenters. The molecule has 0 bridgehead atoms. The zero-order valence-corrected chi connectivity index (χ0v) is 18.5. The molecule has 1 fully saturated rings. The van der Waals surface area contributed by atoms with E-state index in [1.807, 2.05) is 38.5 Å². The largest absolute Gasteiger partial charge is 0.496 e. The molecule has 0 spiro atoms. The molecule has 1 aromatic carbocycles. The van der Waals surface area contributed by atoms with Crippen LogP contribution in [-0.4, -0.2) is 31.8 Å². The van der Waals surface area contributed by atoms with Crippen LogP contribution in [0.3, 0.4) is 0 Å². The summed E-state index contributed by atoms with van der Waals surface area (Å²) in [5.41, 5.74) is 6.68. The molecule has 0 N–H and O–H groups in total. The van der Waals surface area contributed by atoms with Gasteiger partial charge < -0.3 is 13.8 Å². The molecule has 0 saturated heterocycles. The van der Waals surface area contributed by atoms with E-state index in [1.54, 1.807) is 7.11 Å². The van der Waals surface area contributed by atoms with Gasteiger partial charge in [-0.2, -0.15) is 0 Å². The van der Waals surface area contributed by atoms with Crippen molar-refractivity contribution in [3.05, 3.63) is 65.7 Å². The van der Waals surface area contributed by atoms with Crippen molar-refractivity contribution in [2.45, 2.75) is 32.1 Å². The zero-order valence-electron chi connectivity index (χ0n) is 18.5. The van der Waals surface area contributed by atoms with Gasteiger partial charge in [0.05, 0.1) is 41.0 Å². The maximum atomic E-state index is 5.80. The Bertz CT molecular complexity index is 1480. The first-order valence-corrected chi connectivity index (χ1v) is 10.7. The van der Waals surface area contributed by atoms with Gasteiger partial charge in [0.15, 0.2) is 0 Å². The van der Waals surface area contributed by atoms with Gasteiger partial charge in [0.1, 0.15) is 22.9 Å². The quantitative estimate of drug-likeness (QED) is 0.408. The SMILES string of the molecule is COc1cc2c(cc1-c1c(C)noc1C)ncc1nc(C3(c4cccnc4)CC3)n(C)c12. The number of benzene rings is 1. The lowest BCUT2D eigenvalue weighted by Crippen LogP contribution is -2.15. The highest BCUT2D eigenvalue weighted by atomic mass is 16.5. The molecule has 0 atom stereocenters. The summed E-state index contributed by atoms with van der Waals surface area (Å²) >= 11 is 0. The van der Waals surface area contributed by atoms with Crippen molar-refractivity contribution in [2.75, 3.05) is 7.11 Å². The van der Waals surface area contributed by atoms with Crippen LogP contribution in [0.15, 0.2) is 47.4 Å². The smallest absolute Gasteiger partial charge is 0.141 e. The van der Waals surface area contributed by atoms with Gasteiger partial charge in [-0.25, -0.2) is 4.98 Å². The van der Waals surface area contributed by atoms with Crippen LogP contribution in [0.4, 0.5) is 0 Å². The van der Waals surface area contributed by atoms with E-state index in [0.29, 0.717) is 0 Å². The second kappa shape index (κ2) is 6.63. The lowest BCUT2D eigenvalue weighted by molar-refractivity contribution is 0.393. The summed E-state index contributed by atoms with van der Waals surface area (Å²) in [6.45, 7) is 3.85. The van der Waals surface area contributed by atoms with Gasteiger partial charge in [0.25, 0.3) is 0 Å². The number of ether oxygens (including phenoxy) is 1. The number of imidazole rings is 1. The minimum atomic E-state index is -0.0743. The van der Waals surface area contributed by atoms with Gasteiger partial charge in [-0.15, -0.1) is 0 Å². The Morgan fingerprint density at radius 3 is 2.62 bits per heavy atom. The van der Waals surface area contributed by atoms with Gasteiger partial charge in [-0.1, -0.05) is 11.2 Å². The van der Waals surface area contributed by atoms with Crippen LogP contribution in [0, 0.1) is 13.8 Å². The molecule has 0 aliphatic heterocycles. The van der Waals surface area contributed by atoms with E-state index >= 15 is 0 Å². The first-order chi connectivity index (χ1) is 15.5. The fourth-order valence-electron chi connectivity index (χ4n) is 5.00. The van der Waals surface area contributed by atoms with Crippen molar-refractivity contribution in [1.29, 1.82) is 0 Å². The number of rotatable bonds is 4. The van der Waals surface area contributed by atoms with Crippen molar-refractivity contribution < 1.29 is 9.26 Å². The molecule has 4 heterocycles. The summed E-state index contributed by atoms with van der Waals surface area (Å²) in [7, 11) is 3.78. The summed E-state index contributed by atoms with van der Waals surface area (Å²) in [4.78, 5) is 14.1. The Labute approximate surface area is 185 Å². The van der Waals surface area contributed by atoms with Gasteiger partial charge in [-0.3, -0.25) is 9.97 Å². The van der Waals surface area contributed by atoms with Gasteiger partial charge in [0, 0.05) is 30.4 Å². The van der Waals surface area contributed by atoms with E-state index in [9.17, 15) is 0 Å². The highest BCUT2D eigenvalue weighted by Crippen LogP contribution is 2.53. The average Bonchev–Trinajstić information content (AvgIpc) is 3.46. The zero-order chi connectivity index (χ0) is 22.0. The van der Waals surface area contributed by atoms with Gasteiger partial charge in [0.2, 0.25) is 0 Å². The minimum absolute atomic E-state index is 0.0743. The van der Waals surface area contributed by atoms with Crippen LogP contribution in [0.1, 0.15) is 35.7 Å². The molecular formula is C25H23N5O2. The minimum Gasteiger partial charge on any atom is -0.496 e. The molecule has 7 nitrogen and oxygen atoms in total. The topological polar surface area (TPSA) is 78.9 Å². The van der Waals surface area contributed by atoms with E-state index in [-0.39, 0.29) is 5.41 Å². The van der Waals surface area contributed by atoms with Crippen molar-refractivity contribution in [1.82, 2.24) is 24.7 Å². The maximum Gasteiger partial charge on any atom is 0.141 e. The van der Waals surface area contributed by atoms with Gasteiger partial charge in [-0.05, 0) is 50.5 Å². The monoisotopic (exact) mass is 425 g/mol. The van der Waals surface area contributed by atoms with E-state index < -0.39 is 0 Å². The molecule has 1 saturated carbocycles. The van der Waals surface area contributed by atoms with E-state index in [0.717, 1.165) is 68.9 Å². The summed E-state index contributed by atoms with van der Waals surface area (Å²) in [5.74, 6) is 2.58. The standard InChI is InChI=1S/C25H23N5O2/c1-14-22(15(2)32-29-14)18-10-19-17(11-21(18)31-4)23-20(13-27-19)28-24(30(23)3)25(7-8-25)16-6-5-9-26-12-16/h5-6,9-13H,7-8H2,1-4H3. The predicted octanol–water partition coefficient (Wildman–Crippen LogP) is 4.88. The molecular weight excluding hydrogens is 402 g/mol. The van der Waals surface area contributed by atoms with Crippen molar-refractivity contribution in [2.24, 2.45) is 7.05 Å².